The van der Waals surface area contributed by atoms with E-state index < -0.39 is 11.2 Å². The van der Waals surface area contributed by atoms with Gasteiger partial charge in [0.2, 0.25) is 5.95 Å². The second kappa shape index (κ2) is 9.15. The molecule has 0 amide bonds. The van der Waals surface area contributed by atoms with E-state index in [1.54, 1.807) is 18.5 Å². The number of benzene rings is 1. The highest BCUT2D eigenvalue weighted by Crippen LogP contribution is 2.28. The van der Waals surface area contributed by atoms with Crippen molar-refractivity contribution in [1.29, 1.82) is 0 Å². The van der Waals surface area contributed by atoms with Gasteiger partial charge in [-0.25, -0.2) is 14.8 Å². The number of hydrogen-bond acceptors (Lipinski definition) is 8. The van der Waals surface area contributed by atoms with Gasteiger partial charge in [-0.2, -0.15) is 4.98 Å². The SMILES string of the molecule is CC#CCn1c(N2CCC[C@@H](N)C2)nc2c1c(=O)n(Cc1nc(C)c3oc4ccccc4c3n1)c(=O)n2C. The zero-order valence-corrected chi connectivity index (χ0v) is 21.6. The Kier molecular flexibility index (Phi) is 5.76. The van der Waals surface area contributed by atoms with Gasteiger partial charge in [-0.1, -0.05) is 18.1 Å². The fraction of sp³-hybridized carbons (Fsp3) is 0.370. The number of hydrogen-bond donors (Lipinski definition) is 1. The summed E-state index contributed by atoms with van der Waals surface area (Å²) in [6.45, 7) is 5.14. The minimum atomic E-state index is -0.492. The molecule has 11 nitrogen and oxygen atoms in total. The topological polar surface area (TPSA) is 130 Å². The molecule has 38 heavy (non-hydrogen) atoms. The van der Waals surface area contributed by atoms with Crippen LogP contribution in [-0.2, 0) is 20.1 Å². The van der Waals surface area contributed by atoms with Crippen LogP contribution in [-0.4, -0.2) is 47.8 Å². The molecule has 4 aromatic heterocycles. The van der Waals surface area contributed by atoms with Gasteiger partial charge >= 0.3 is 5.69 Å². The van der Waals surface area contributed by atoms with Gasteiger partial charge in [0.15, 0.2) is 16.7 Å². The Morgan fingerprint density at radius 1 is 1.16 bits per heavy atom. The molecule has 0 saturated carbocycles. The van der Waals surface area contributed by atoms with Gasteiger partial charge in [-0.15, -0.1) is 5.92 Å². The number of aryl methyl sites for hydroxylation is 2. The molecule has 1 aliphatic rings. The van der Waals surface area contributed by atoms with Gasteiger partial charge in [0.05, 0.1) is 18.8 Å². The molecule has 1 aromatic carbocycles. The van der Waals surface area contributed by atoms with E-state index in [-0.39, 0.29) is 19.1 Å². The Morgan fingerprint density at radius 2 is 1.97 bits per heavy atom. The fourth-order valence-electron chi connectivity index (χ4n) is 5.24. The van der Waals surface area contributed by atoms with E-state index in [9.17, 15) is 9.59 Å². The molecule has 5 heterocycles. The first kappa shape index (κ1) is 23.9. The number of nitrogens with two attached hydrogens (primary N) is 1. The van der Waals surface area contributed by atoms with E-state index in [2.05, 4.69) is 21.7 Å². The molecule has 0 unspecified atom stereocenters. The van der Waals surface area contributed by atoms with Crippen molar-refractivity contribution in [3.63, 3.8) is 0 Å². The molecule has 0 radical (unpaired) electrons. The maximum Gasteiger partial charge on any atom is 0.332 e. The number of aromatic nitrogens is 6. The number of anilines is 1. The summed E-state index contributed by atoms with van der Waals surface area (Å²) in [7, 11) is 1.62. The van der Waals surface area contributed by atoms with E-state index in [0.717, 1.165) is 29.3 Å². The van der Waals surface area contributed by atoms with Crippen molar-refractivity contribution in [3.8, 4) is 11.8 Å². The third kappa shape index (κ3) is 3.76. The minimum absolute atomic E-state index is 0.0176. The molecule has 11 heteroatoms. The van der Waals surface area contributed by atoms with E-state index >= 15 is 0 Å². The Bertz CT molecular complexity index is 1900. The minimum Gasteiger partial charge on any atom is -0.452 e. The second-order valence-electron chi connectivity index (χ2n) is 9.68. The van der Waals surface area contributed by atoms with Crippen molar-refractivity contribution >= 4 is 39.2 Å². The van der Waals surface area contributed by atoms with Crippen molar-refractivity contribution in [1.82, 2.24) is 28.7 Å². The lowest BCUT2D eigenvalue weighted by Gasteiger charge is -2.31. The normalized spacial score (nSPS) is 15.9. The van der Waals surface area contributed by atoms with Crippen molar-refractivity contribution in [3.05, 3.63) is 56.6 Å². The molecular weight excluding hydrogens is 484 g/mol. The third-order valence-electron chi connectivity index (χ3n) is 7.10. The van der Waals surface area contributed by atoms with Crippen LogP contribution >= 0.6 is 0 Å². The molecular formula is C27H28N8O3. The Hall–Kier alpha value is -4.43. The number of fused-ring (bicyclic) bond motifs is 4. The van der Waals surface area contributed by atoms with Crippen molar-refractivity contribution in [2.45, 2.75) is 45.8 Å². The van der Waals surface area contributed by atoms with E-state index in [1.807, 2.05) is 31.2 Å². The quantitative estimate of drug-likeness (QED) is 0.362. The van der Waals surface area contributed by atoms with Crippen LogP contribution in [0.2, 0.25) is 0 Å². The molecule has 0 aliphatic carbocycles. The van der Waals surface area contributed by atoms with Crippen LogP contribution in [0.3, 0.4) is 0 Å². The first-order chi connectivity index (χ1) is 18.4. The van der Waals surface area contributed by atoms with Crippen LogP contribution in [0, 0.1) is 18.8 Å². The molecule has 6 rings (SSSR count). The van der Waals surface area contributed by atoms with Crippen LogP contribution in [0.15, 0.2) is 38.3 Å². The van der Waals surface area contributed by atoms with Crippen LogP contribution in [0.4, 0.5) is 5.95 Å². The lowest BCUT2D eigenvalue weighted by atomic mass is 10.1. The first-order valence-electron chi connectivity index (χ1n) is 12.6. The molecule has 5 aromatic rings. The standard InChI is InChI=1S/C27H28N8O3/c1-4-5-13-34-22-24(31-26(34)33-12-8-9-17(28)14-33)32(3)27(37)35(25(22)36)15-20-29-16(2)23-21(30-20)18-10-6-7-11-19(18)38-23/h6-7,10-11,17H,8-9,12-15,28H2,1-3H3/t17-/m1/s1. The smallest absolute Gasteiger partial charge is 0.332 e. The number of imidazole rings is 1. The Labute approximate surface area is 217 Å². The second-order valence-corrected chi connectivity index (χ2v) is 9.68. The van der Waals surface area contributed by atoms with Crippen molar-refractivity contribution in [2.75, 3.05) is 18.0 Å². The summed E-state index contributed by atoms with van der Waals surface area (Å²) < 4.78 is 10.3. The number of para-hydroxylation sites is 1. The Balaban J connectivity index is 1.53. The van der Waals surface area contributed by atoms with Crippen molar-refractivity contribution < 1.29 is 4.42 Å². The van der Waals surface area contributed by atoms with Crippen molar-refractivity contribution in [2.24, 2.45) is 12.8 Å². The molecule has 1 atom stereocenters. The molecule has 0 bridgehead atoms. The summed E-state index contributed by atoms with van der Waals surface area (Å²) in [6.07, 6.45) is 1.86. The number of nitrogens with zero attached hydrogens (tertiary/aromatic N) is 7. The van der Waals surface area contributed by atoms with Gasteiger partial charge in [-0.05, 0) is 38.8 Å². The van der Waals surface area contributed by atoms with Crippen LogP contribution in [0.1, 0.15) is 31.3 Å². The summed E-state index contributed by atoms with van der Waals surface area (Å²) in [5.41, 5.74) is 8.50. The Morgan fingerprint density at radius 3 is 2.76 bits per heavy atom. The molecule has 1 saturated heterocycles. The maximum absolute atomic E-state index is 13.9. The monoisotopic (exact) mass is 512 g/mol. The first-order valence-corrected chi connectivity index (χ1v) is 12.6. The maximum atomic E-state index is 13.9. The van der Waals surface area contributed by atoms with Gasteiger partial charge in [-0.3, -0.25) is 18.5 Å². The number of piperidine rings is 1. The number of furan rings is 1. The van der Waals surface area contributed by atoms with Crippen LogP contribution < -0.4 is 21.9 Å². The summed E-state index contributed by atoms with van der Waals surface area (Å²) >= 11 is 0. The molecule has 194 valence electrons. The summed E-state index contributed by atoms with van der Waals surface area (Å²) in [4.78, 5) is 43.4. The van der Waals surface area contributed by atoms with Gasteiger partial charge in [0.25, 0.3) is 5.56 Å². The molecule has 0 spiro atoms. The van der Waals surface area contributed by atoms with Gasteiger partial charge in [0.1, 0.15) is 16.9 Å². The fourth-order valence-corrected chi connectivity index (χ4v) is 5.24. The van der Waals surface area contributed by atoms with E-state index in [1.165, 1.54) is 4.57 Å². The zero-order valence-electron chi connectivity index (χ0n) is 21.6. The van der Waals surface area contributed by atoms with Crippen LogP contribution in [0.25, 0.3) is 33.2 Å². The molecule has 1 aliphatic heterocycles. The van der Waals surface area contributed by atoms with E-state index in [4.69, 9.17) is 20.1 Å². The highest BCUT2D eigenvalue weighted by Gasteiger charge is 2.26. The zero-order chi connectivity index (χ0) is 26.6. The summed E-state index contributed by atoms with van der Waals surface area (Å²) in [5, 5.41) is 0.852. The lowest BCUT2D eigenvalue weighted by Crippen LogP contribution is -2.44. The van der Waals surface area contributed by atoms with Gasteiger partial charge < -0.3 is 15.1 Å². The van der Waals surface area contributed by atoms with E-state index in [0.29, 0.717) is 51.9 Å². The molecule has 2 N–H and O–H groups in total. The highest BCUT2D eigenvalue weighted by molar-refractivity contribution is 6.02. The average Bonchev–Trinajstić information content (AvgIpc) is 3.48. The number of rotatable bonds is 4. The predicted molar refractivity (Wildman–Crippen MR) is 145 cm³/mol. The largest absolute Gasteiger partial charge is 0.452 e. The molecule has 1 fully saturated rings. The third-order valence-corrected chi connectivity index (χ3v) is 7.10. The lowest BCUT2D eigenvalue weighted by molar-refractivity contribution is 0.496. The van der Waals surface area contributed by atoms with Crippen LogP contribution in [0.5, 0.6) is 0 Å². The predicted octanol–water partition coefficient (Wildman–Crippen LogP) is 1.89. The van der Waals surface area contributed by atoms with Gasteiger partial charge in [0, 0.05) is 31.6 Å². The summed E-state index contributed by atoms with van der Waals surface area (Å²) in [5.74, 6) is 6.89. The summed E-state index contributed by atoms with van der Waals surface area (Å²) in [6, 6.07) is 7.62. The average molecular weight is 513 g/mol. The highest BCUT2D eigenvalue weighted by atomic mass is 16.3.